The summed E-state index contributed by atoms with van der Waals surface area (Å²) < 4.78 is 28.0. The molecule has 21 heavy (non-hydrogen) atoms. The summed E-state index contributed by atoms with van der Waals surface area (Å²) in [6, 6.07) is 2.86. The molecule has 2 aliphatic rings. The fourth-order valence-electron chi connectivity index (χ4n) is 2.66. The maximum Gasteiger partial charge on any atom is 0.242 e. The first-order valence-electron chi connectivity index (χ1n) is 7.04. The molecule has 2 saturated carbocycles. The smallest absolute Gasteiger partial charge is 0.242 e. The Balaban J connectivity index is 1.90. The zero-order valence-electron chi connectivity index (χ0n) is 11.4. The van der Waals surface area contributed by atoms with Crippen molar-refractivity contribution in [3.8, 4) is 0 Å². The third-order valence-electron chi connectivity index (χ3n) is 4.15. The highest BCUT2D eigenvalue weighted by Gasteiger charge is 2.43. The Hall–Kier alpha value is -0.330. The van der Waals surface area contributed by atoms with Crippen LogP contribution in [0.25, 0.3) is 0 Å². The summed E-state index contributed by atoms with van der Waals surface area (Å²) in [5, 5.41) is 9.55. The van der Waals surface area contributed by atoms with Crippen molar-refractivity contribution in [1.82, 2.24) is 4.72 Å². The van der Waals surface area contributed by atoms with Gasteiger partial charge in [-0.1, -0.05) is 23.2 Å². The molecule has 0 spiro atoms. The van der Waals surface area contributed by atoms with E-state index in [0.717, 1.165) is 25.7 Å². The molecule has 116 valence electrons. The Bertz CT molecular complexity index is 642. The number of nitrogens with one attached hydrogen (secondary N) is 1. The van der Waals surface area contributed by atoms with Gasteiger partial charge in [0.15, 0.2) is 0 Å². The Morgan fingerprint density at radius 3 is 2.24 bits per heavy atom. The fourth-order valence-corrected chi connectivity index (χ4v) is 4.93. The third-order valence-corrected chi connectivity index (χ3v) is 6.55. The van der Waals surface area contributed by atoms with Crippen molar-refractivity contribution in [3.63, 3.8) is 0 Å². The number of benzene rings is 1. The largest absolute Gasteiger partial charge is 0.392 e. The van der Waals surface area contributed by atoms with Gasteiger partial charge in [0.1, 0.15) is 4.90 Å². The highest BCUT2D eigenvalue weighted by molar-refractivity contribution is 7.89. The molecule has 0 heterocycles. The van der Waals surface area contributed by atoms with Crippen LogP contribution in [0.3, 0.4) is 0 Å². The maximum atomic E-state index is 12.6. The van der Waals surface area contributed by atoms with Gasteiger partial charge in [0.2, 0.25) is 10.0 Å². The van der Waals surface area contributed by atoms with Crippen molar-refractivity contribution in [1.29, 1.82) is 0 Å². The average molecular weight is 350 g/mol. The van der Waals surface area contributed by atoms with Crippen LogP contribution >= 0.6 is 23.2 Å². The minimum atomic E-state index is -3.70. The lowest BCUT2D eigenvalue weighted by atomic mass is 10.1. The molecule has 0 saturated heterocycles. The first-order valence-corrected chi connectivity index (χ1v) is 9.28. The summed E-state index contributed by atoms with van der Waals surface area (Å²) in [4.78, 5) is -0.0103. The predicted molar refractivity (Wildman–Crippen MR) is 81.9 cm³/mol. The van der Waals surface area contributed by atoms with E-state index >= 15 is 0 Å². The first-order chi connectivity index (χ1) is 9.94. The van der Waals surface area contributed by atoms with E-state index in [1.807, 2.05) is 0 Å². The maximum absolute atomic E-state index is 12.6. The van der Waals surface area contributed by atoms with Gasteiger partial charge in [-0.15, -0.1) is 0 Å². The Labute approximate surface area is 134 Å². The van der Waals surface area contributed by atoms with Crippen molar-refractivity contribution in [2.75, 3.05) is 0 Å². The lowest BCUT2D eigenvalue weighted by molar-refractivity contribution is 0.281. The lowest BCUT2D eigenvalue weighted by Crippen LogP contribution is -2.38. The molecule has 4 nitrogen and oxygen atoms in total. The van der Waals surface area contributed by atoms with Crippen LogP contribution < -0.4 is 4.72 Å². The molecule has 0 aliphatic heterocycles. The molecule has 0 amide bonds. The summed E-state index contributed by atoms with van der Waals surface area (Å²) >= 11 is 12.0. The topological polar surface area (TPSA) is 66.4 Å². The van der Waals surface area contributed by atoms with E-state index < -0.39 is 16.6 Å². The first kappa shape index (κ1) is 15.6. The summed E-state index contributed by atoms with van der Waals surface area (Å²) in [7, 11) is -3.70. The number of hydrogen-bond donors (Lipinski definition) is 2. The molecular formula is C14H17Cl2NO3S. The molecule has 0 unspecified atom stereocenters. The molecule has 3 rings (SSSR count). The number of rotatable bonds is 6. The molecule has 0 aromatic heterocycles. The molecule has 0 atom stereocenters. The lowest BCUT2D eigenvalue weighted by Gasteiger charge is -2.19. The van der Waals surface area contributed by atoms with Gasteiger partial charge in [0.05, 0.1) is 11.6 Å². The van der Waals surface area contributed by atoms with Crippen LogP contribution in [0.2, 0.25) is 10.0 Å². The van der Waals surface area contributed by atoms with E-state index in [4.69, 9.17) is 23.2 Å². The van der Waals surface area contributed by atoms with E-state index in [0.29, 0.717) is 11.8 Å². The van der Waals surface area contributed by atoms with Crippen LogP contribution in [0.4, 0.5) is 0 Å². The van der Waals surface area contributed by atoms with Crippen LogP contribution in [0.5, 0.6) is 0 Å². The molecule has 1 aromatic carbocycles. The second-order valence-corrected chi connectivity index (χ2v) is 8.29. The zero-order chi connectivity index (χ0) is 15.2. The molecule has 0 radical (unpaired) electrons. The number of hydrogen-bond acceptors (Lipinski definition) is 3. The van der Waals surface area contributed by atoms with Gasteiger partial charge in [-0.2, -0.15) is 0 Å². The summed E-state index contributed by atoms with van der Waals surface area (Å²) in [5.41, 5.74) is 0.246. The molecule has 2 aliphatic carbocycles. The average Bonchev–Trinajstić information content (AvgIpc) is 3.27. The quantitative estimate of drug-likeness (QED) is 0.829. The Morgan fingerprint density at radius 1 is 1.19 bits per heavy atom. The number of aliphatic hydroxyl groups is 1. The molecule has 2 fully saturated rings. The summed E-state index contributed by atoms with van der Waals surface area (Å²) in [6.07, 6.45) is 4.33. The second kappa shape index (κ2) is 5.70. The van der Waals surface area contributed by atoms with Gasteiger partial charge in [-0.25, -0.2) is 13.1 Å². The molecule has 7 heteroatoms. The fraction of sp³-hybridized carbons (Fsp3) is 0.571. The second-order valence-electron chi connectivity index (χ2n) is 5.82. The van der Waals surface area contributed by atoms with E-state index in [1.54, 1.807) is 0 Å². The molecule has 2 N–H and O–H groups in total. The normalized spacial score (nSPS) is 19.2. The van der Waals surface area contributed by atoms with Crippen LogP contribution in [0.1, 0.15) is 31.2 Å². The van der Waals surface area contributed by atoms with Crippen LogP contribution in [-0.4, -0.2) is 19.6 Å². The monoisotopic (exact) mass is 349 g/mol. The van der Waals surface area contributed by atoms with Crippen LogP contribution in [0, 0.1) is 11.8 Å². The highest BCUT2D eigenvalue weighted by Crippen LogP contribution is 2.45. The Morgan fingerprint density at radius 2 is 1.76 bits per heavy atom. The van der Waals surface area contributed by atoms with Crippen molar-refractivity contribution in [2.24, 2.45) is 11.8 Å². The zero-order valence-corrected chi connectivity index (χ0v) is 13.7. The van der Waals surface area contributed by atoms with E-state index in [2.05, 4.69) is 4.72 Å². The van der Waals surface area contributed by atoms with Crippen LogP contribution in [-0.2, 0) is 16.6 Å². The molecule has 1 aromatic rings. The van der Waals surface area contributed by atoms with Crippen molar-refractivity contribution < 1.29 is 13.5 Å². The summed E-state index contributed by atoms with van der Waals surface area (Å²) in [6.45, 7) is -0.393. The van der Waals surface area contributed by atoms with Gasteiger partial charge in [-0.3, -0.25) is 0 Å². The third kappa shape index (κ3) is 3.22. The van der Waals surface area contributed by atoms with Gasteiger partial charge in [0.25, 0.3) is 0 Å². The van der Waals surface area contributed by atoms with Crippen molar-refractivity contribution >= 4 is 33.2 Å². The van der Waals surface area contributed by atoms with Gasteiger partial charge in [-0.05, 0) is 49.7 Å². The summed E-state index contributed by atoms with van der Waals surface area (Å²) in [5.74, 6) is 0.909. The number of halogens is 2. The standard InChI is InChI=1S/C14H17Cl2NO3S/c15-11-5-6-12(13(16)10(11)7-18)21(19,20)17-14(8-1-2-8)9-3-4-9/h5-6,8-9,14,17-18H,1-4,7H2. The van der Waals surface area contributed by atoms with Crippen molar-refractivity contribution in [2.45, 2.75) is 43.2 Å². The Kier molecular flexibility index (Phi) is 4.23. The van der Waals surface area contributed by atoms with E-state index in [-0.39, 0.29) is 26.5 Å². The van der Waals surface area contributed by atoms with Crippen molar-refractivity contribution in [3.05, 3.63) is 27.7 Å². The molecule has 0 bridgehead atoms. The SMILES string of the molecule is O=S(=O)(NC(C1CC1)C1CC1)c1ccc(Cl)c(CO)c1Cl. The molecular weight excluding hydrogens is 333 g/mol. The van der Waals surface area contributed by atoms with Gasteiger partial charge >= 0.3 is 0 Å². The van der Waals surface area contributed by atoms with E-state index in [9.17, 15) is 13.5 Å². The minimum absolute atomic E-state index is 0.00263. The minimum Gasteiger partial charge on any atom is -0.392 e. The predicted octanol–water partition coefficient (Wildman–Crippen LogP) is 2.95. The van der Waals surface area contributed by atoms with E-state index in [1.165, 1.54) is 12.1 Å². The number of aliphatic hydroxyl groups excluding tert-OH is 1. The van der Waals surface area contributed by atoms with Gasteiger partial charge < -0.3 is 5.11 Å². The highest BCUT2D eigenvalue weighted by atomic mass is 35.5. The van der Waals surface area contributed by atoms with Crippen LogP contribution in [0.15, 0.2) is 17.0 Å². The number of sulfonamides is 1. The van der Waals surface area contributed by atoms with Gasteiger partial charge in [0, 0.05) is 16.6 Å².